The average Bonchev–Trinajstić information content (AvgIpc) is 2.95. The predicted octanol–water partition coefficient (Wildman–Crippen LogP) is 5.37. The Hall–Kier alpha value is -3.93. The maximum absolute atomic E-state index is 13.9. The summed E-state index contributed by atoms with van der Waals surface area (Å²) in [4.78, 5) is 27.8. The van der Waals surface area contributed by atoms with Gasteiger partial charge in [0.05, 0.1) is 16.1 Å². The van der Waals surface area contributed by atoms with Crippen molar-refractivity contribution in [1.29, 1.82) is 0 Å². The first-order valence-electron chi connectivity index (χ1n) is 12.9. The number of alkyl halides is 3. The molecular weight excluding hydrogens is 562 g/mol. The highest BCUT2D eigenvalue weighted by atomic mass is 32.2. The summed E-state index contributed by atoms with van der Waals surface area (Å²) < 4.78 is 82.2. The summed E-state index contributed by atoms with van der Waals surface area (Å²) in [6, 6.07) is 14.9. The number of anilines is 1. The highest BCUT2D eigenvalue weighted by Crippen LogP contribution is 2.33. The van der Waals surface area contributed by atoms with E-state index in [4.69, 9.17) is 0 Å². The predicted molar refractivity (Wildman–Crippen MR) is 147 cm³/mol. The minimum atomic E-state index is -4.76. The van der Waals surface area contributed by atoms with Gasteiger partial charge in [-0.25, -0.2) is 12.8 Å². The summed E-state index contributed by atoms with van der Waals surface area (Å²) in [5, 5.41) is 2.73. The van der Waals surface area contributed by atoms with Crippen LogP contribution in [0.1, 0.15) is 37.8 Å². The van der Waals surface area contributed by atoms with Crippen molar-refractivity contribution in [2.45, 2.75) is 50.3 Å². The van der Waals surface area contributed by atoms with Gasteiger partial charge in [-0.05, 0) is 60.9 Å². The van der Waals surface area contributed by atoms with Gasteiger partial charge in [-0.1, -0.05) is 50.2 Å². The van der Waals surface area contributed by atoms with Crippen LogP contribution in [0.5, 0.6) is 0 Å². The molecule has 3 aromatic rings. The fourth-order valence-electron chi connectivity index (χ4n) is 4.16. The first-order valence-corrected chi connectivity index (χ1v) is 14.4. The van der Waals surface area contributed by atoms with Crippen molar-refractivity contribution >= 4 is 27.5 Å². The maximum atomic E-state index is 13.9. The van der Waals surface area contributed by atoms with Crippen molar-refractivity contribution in [2.75, 3.05) is 17.4 Å². The summed E-state index contributed by atoms with van der Waals surface area (Å²) in [7, 11) is -4.52. The first kappa shape index (κ1) is 31.6. The van der Waals surface area contributed by atoms with E-state index in [0.29, 0.717) is 28.9 Å². The first-order chi connectivity index (χ1) is 19.4. The Kier molecular flexibility index (Phi) is 10.5. The Morgan fingerprint density at radius 3 is 2.17 bits per heavy atom. The maximum Gasteiger partial charge on any atom is 0.416 e. The number of nitrogens with one attached hydrogen (secondary N) is 1. The second kappa shape index (κ2) is 13.6. The second-order valence-corrected chi connectivity index (χ2v) is 11.1. The Balaban J connectivity index is 2.09. The minimum absolute atomic E-state index is 0.164. The van der Waals surface area contributed by atoms with Crippen LogP contribution < -0.4 is 9.62 Å². The van der Waals surface area contributed by atoms with Gasteiger partial charge in [-0.2, -0.15) is 13.2 Å². The number of sulfonamides is 1. The van der Waals surface area contributed by atoms with E-state index in [0.717, 1.165) is 12.1 Å². The molecule has 1 atom stereocenters. The fourth-order valence-corrected chi connectivity index (χ4v) is 5.58. The lowest BCUT2D eigenvalue weighted by Crippen LogP contribution is -2.52. The van der Waals surface area contributed by atoms with Crippen LogP contribution in [0, 0.1) is 5.82 Å². The van der Waals surface area contributed by atoms with Gasteiger partial charge >= 0.3 is 6.18 Å². The molecule has 1 N–H and O–H groups in total. The topological polar surface area (TPSA) is 86.8 Å². The van der Waals surface area contributed by atoms with E-state index >= 15 is 0 Å². The van der Waals surface area contributed by atoms with Gasteiger partial charge in [-0.3, -0.25) is 13.9 Å². The number of carbonyl (C=O) groups is 2. The van der Waals surface area contributed by atoms with Crippen LogP contribution in [0.3, 0.4) is 0 Å². The van der Waals surface area contributed by atoms with E-state index in [9.17, 15) is 35.6 Å². The molecule has 0 aliphatic carbocycles. The summed E-state index contributed by atoms with van der Waals surface area (Å²) in [5.41, 5.74) is -0.996. The van der Waals surface area contributed by atoms with Gasteiger partial charge in [0, 0.05) is 13.1 Å². The Morgan fingerprint density at radius 2 is 1.59 bits per heavy atom. The average molecular weight is 594 g/mol. The van der Waals surface area contributed by atoms with Crippen molar-refractivity contribution in [3.8, 4) is 0 Å². The number of rotatable bonds is 12. The van der Waals surface area contributed by atoms with Gasteiger partial charge in [0.15, 0.2) is 0 Å². The third kappa shape index (κ3) is 8.06. The molecule has 0 saturated carbocycles. The molecule has 0 aliphatic rings. The highest BCUT2D eigenvalue weighted by molar-refractivity contribution is 7.92. The largest absolute Gasteiger partial charge is 0.416 e. The molecule has 3 aromatic carbocycles. The molecule has 0 fully saturated rings. The molecule has 41 heavy (non-hydrogen) atoms. The van der Waals surface area contributed by atoms with Crippen LogP contribution in [0.25, 0.3) is 0 Å². The molecule has 220 valence electrons. The lowest BCUT2D eigenvalue weighted by atomic mass is 10.1. The van der Waals surface area contributed by atoms with Crippen molar-refractivity contribution < 1.29 is 35.6 Å². The number of nitrogens with zero attached hydrogens (tertiary/aromatic N) is 2. The zero-order valence-electron chi connectivity index (χ0n) is 22.6. The van der Waals surface area contributed by atoms with E-state index in [2.05, 4.69) is 5.32 Å². The molecule has 7 nitrogen and oxygen atoms in total. The molecule has 0 heterocycles. The third-order valence-corrected chi connectivity index (χ3v) is 8.06. The smallest absolute Gasteiger partial charge is 0.354 e. The number of amides is 2. The molecule has 0 bridgehead atoms. The molecule has 0 spiro atoms. The van der Waals surface area contributed by atoms with Gasteiger partial charge in [0.1, 0.15) is 18.4 Å². The molecule has 0 aliphatic heterocycles. The van der Waals surface area contributed by atoms with Gasteiger partial charge < -0.3 is 10.2 Å². The molecule has 2 amide bonds. The van der Waals surface area contributed by atoms with Gasteiger partial charge in [0.25, 0.3) is 10.0 Å². The number of carbonyl (C=O) groups excluding carboxylic acids is 2. The van der Waals surface area contributed by atoms with Crippen LogP contribution in [0.15, 0.2) is 83.8 Å². The third-order valence-electron chi connectivity index (χ3n) is 6.27. The van der Waals surface area contributed by atoms with Crippen LogP contribution in [-0.4, -0.2) is 44.3 Å². The molecular formula is C29H31F4N3O4S. The second-order valence-electron chi connectivity index (χ2n) is 9.24. The van der Waals surface area contributed by atoms with Crippen LogP contribution in [0.2, 0.25) is 0 Å². The van der Waals surface area contributed by atoms with E-state index in [1.165, 1.54) is 59.5 Å². The van der Waals surface area contributed by atoms with Crippen molar-refractivity contribution in [3.05, 3.63) is 95.8 Å². The normalized spacial score (nSPS) is 12.4. The number of hydrogen-bond acceptors (Lipinski definition) is 4. The van der Waals surface area contributed by atoms with E-state index in [1.807, 2.05) is 6.92 Å². The minimum Gasteiger partial charge on any atom is -0.354 e. The van der Waals surface area contributed by atoms with Crippen LogP contribution >= 0.6 is 0 Å². The summed E-state index contributed by atoms with van der Waals surface area (Å²) in [6.07, 6.45) is -3.97. The number of benzene rings is 3. The monoisotopic (exact) mass is 593 g/mol. The fraction of sp³-hybridized carbons (Fsp3) is 0.310. The lowest BCUT2D eigenvalue weighted by Gasteiger charge is -2.33. The molecule has 0 saturated heterocycles. The lowest BCUT2D eigenvalue weighted by molar-refractivity contribution is -0.140. The summed E-state index contributed by atoms with van der Waals surface area (Å²) in [6.45, 7) is 2.80. The summed E-state index contributed by atoms with van der Waals surface area (Å²) >= 11 is 0. The molecule has 0 aromatic heterocycles. The van der Waals surface area contributed by atoms with Crippen LogP contribution in [0.4, 0.5) is 23.2 Å². The zero-order valence-corrected chi connectivity index (χ0v) is 23.4. The highest BCUT2D eigenvalue weighted by Gasteiger charge is 2.35. The van der Waals surface area contributed by atoms with E-state index in [-0.39, 0.29) is 23.5 Å². The standard InChI is InChI=1S/C29H31F4N3O4S/c1-3-17-34-28(38)26(4-2)35(19-21-13-15-23(30)16-14-21)27(37)20-36(41(39,40)25-11-6-5-7-12-25)24-10-8-9-22(18-24)29(31,32)33/h5-16,18,26H,3-4,17,19-20H2,1-2H3,(H,34,38)/t26-/m0/s1. The van der Waals surface area contributed by atoms with Crippen LogP contribution in [-0.2, 0) is 32.3 Å². The van der Waals surface area contributed by atoms with Gasteiger partial charge in [-0.15, -0.1) is 0 Å². The van der Waals surface area contributed by atoms with E-state index < -0.39 is 52.0 Å². The Bertz CT molecular complexity index is 1430. The van der Waals surface area contributed by atoms with Crippen molar-refractivity contribution in [3.63, 3.8) is 0 Å². The Labute approximate surface area is 236 Å². The van der Waals surface area contributed by atoms with Crippen molar-refractivity contribution in [1.82, 2.24) is 10.2 Å². The Morgan fingerprint density at radius 1 is 0.927 bits per heavy atom. The molecule has 12 heteroatoms. The van der Waals surface area contributed by atoms with Gasteiger partial charge in [0.2, 0.25) is 11.8 Å². The summed E-state index contributed by atoms with van der Waals surface area (Å²) in [5.74, 6) is -1.81. The molecule has 0 unspecified atom stereocenters. The SMILES string of the molecule is CCCNC(=O)[C@H](CC)N(Cc1ccc(F)cc1)C(=O)CN(c1cccc(C(F)(F)F)c1)S(=O)(=O)c1ccccc1. The zero-order chi connectivity index (χ0) is 30.2. The number of halogens is 4. The molecule has 3 rings (SSSR count). The quantitative estimate of drug-likeness (QED) is 0.286. The van der Waals surface area contributed by atoms with Crippen molar-refractivity contribution in [2.24, 2.45) is 0 Å². The molecule has 0 radical (unpaired) electrons. The number of hydrogen-bond donors (Lipinski definition) is 1. The van der Waals surface area contributed by atoms with E-state index in [1.54, 1.807) is 13.0 Å².